The zero-order valence-electron chi connectivity index (χ0n) is 12.1. The molecule has 2 aromatic heterocycles. The quantitative estimate of drug-likeness (QED) is 0.862. The Morgan fingerprint density at radius 1 is 1.23 bits per heavy atom. The molecule has 2 aromatic rings. The summed E-state index contributed by atoms with van der Waals surface area (Å²) in [5.41, 5.74) is 0. The van der Waals surface area contributed by atoms with Crippen molar-refractivity contribution in [2.24, 2.45) is 0 Å². The van der Waals surface area contributed by atoms with Crippen LogP contribution in [-0.2, 0) is 0 Å². The molecule has 0 spiro atoms. The fourth-order valence-electron chi connectivity index (χ4n) is 2.99. The predicted molar refractivity (Wildman–Crippen MR) is 78.7 cm³/mol. The largest absolute Gasteiger partial charge is 0.339 e. The maximum atomic E-state index is 12.2. The number of carbonyl (C=O) groups excluding carboxylic acids is 1. The SMILES string of the molecule is O=C(c1cnns1)N1CCC(c2nc(C3CCC3)no2)CC1. The third-order valence-corrected chi connectivity index (χ3v) is 5.28. The monoisotopic (exact) mass is 319 g/mol. The van der Waals surface area contributed by atoms with Crippen LogP contribution >= 0.6 is 11.5 Å². The first-order valence-electron chi connectivity index (χ1n) is 7.71. The van der Waals surface area contributed by atoms with Gasteiger partial charge >= 0.3 is 0 Å². The normalized spacial score (nSPS) is 20.1. The van der Waals surface area contributed by atoms with Crippen LogP contribution < -0.4 is 0 Å². The summed E-state index contributed by atoms with van der Waals surface area (Å²) in [4.78, 5) is 19.3. The predicted octanol–water partition coefficient (Wildman–Crippen LogP) is 2.21. The van der Waals surface area contributed by atoms with Crippen LogP contribution in [0, 0.1) is 0 Å². The Hall–Kier alpha value is -1.83. The molecule has 0 atom stereocenters. The van der Waals surface area contributed by atoms with Crippen molar-refractivity contribution < 1.29 is 9.32 Å². The van der Waals surface area contributed by atoms with E-state index in [1.807, 2.05) is 4.90 Å². The molecule has 4 rings (SSSR count). The summed E-state index contributed by atoms with van der Waals surface area (Å²) in [5.74, 6) is 2.40. The summed E-state index contributed by atoms with van der Waals surface area (Å²) in [5, 5.41) is 7.85. The summed E-state index contributed by atoms with van der Waals surface area (Å²) in [6.07, 6.45) is 6.88. The Balaban J connectivity index is 1.37. The van der Waals surface area contributed by atoms with Gasteiger partial charge in [0.05, 0.1) is 6.20 Å². The number of hydrogen-bond donors (Lipinski definition) is 0. The molecule has 2 fully saturated rings. The molecule has 0 bridgehead atoms. The lowest BCUT2D eigenvalue weighted by atomic mass is 9.85. The summed E-state index contributed by atoms with van der Waals surface area (Å²) in [6, 6.07) is 0. The minimum absolute atomic E-state index is 0.0223. The summed E-state index contributed by atoms with van der Waals surface area (Å²) in [7, 11) is 0. The molecular formula is C14H17N5O2S. The topological polar surface area (TPSA) is 85.0 Å². The molecule has 2 aliphatic rings. The average Bonchev–Trinajstić information content (AvgIpc) is 3.17. The Kier molecular flexibility index (Phi) is 3.61. The van der Waals surface area contributed by atoms with Gasteiger partial charge in [0.15, 0.2) is 5.82 Å². The second kappa shape index (κ2) is 5.75. The second-order valence-electron chi connectivity index (χ2n) is 5.97. The van der Waals surface area contributed by atoms with E-state index < -0.39 is 0 Å². The van der Waals surface area contributed by atoms with Crippen molar-refractivity contribution in [2.45, 2.75) is 43.9 Å². The van der Waals surface area contributed by atoms with Gasteiger partial charge in [-0.2, -0.15) is 4.98 Å². The molecule has 116 valence electrons. The number of piperidine rings is 1. The van der Waals surface area contributed by atoms with Crippen LogP contribution in [0.15, 0.2) is 10.7 Å². The highest BCUT2D eigenvalue weighted by Crippen LogP contribution is 2.36. The first-order chi connectivity index (χ1) is 10.8. The van der Waals surface area contributed by atoms with Crippen molar-refractivity contribution in [3.63, 3.8) is 0 Å². The van der Waals surface area contributed by atoms with E-state index in [2.05, 4.69) is 19.7 Å². The Morgan fingerprint density at radius 3 is 2.68 bits per heavy atom. The van der Waals surface area contributed by atoms with Crippen LogP contribution in [-0.4, -0.2) is 43.6 Å². The number of likely N-dealkylation sites (tertiary alicyclic amines) is 1. The van der Waals surface area contributed by atoms with Gasteiger partial charge in [0, 0.05) is 24.9 Å². The molecule has 1 aliphatic carbocycles. The first kappa shape index (κ1) is 13.8. The van der Waals surface area contributed by atoms with Crippen molar-refractivity contribution in [3.05, 3.63) is 22.8 Å². The van der Waals surface area contributed by atoms with Crippen LogP contribution in [0.5, 0.6) is 0 Å². The Bertz CT molecular complexity index is 644. The van der Waals surface area contributed by atoms with Crippen LogP contribution in [0.3, 0.4) is 0 Å². The van der Waals surface area contributed by atoms with Crippen molar-refractivity contribution in [1.29, 1.82) is 0 Å². The van der Waals surface area contributed by atoms with Gasteiger partial charge in [-0.3, -0.25) is 4.79 Å². The van der Waals surface area contributed by atoms with Gasteiger partial charge in [0.2, 0.25) is 5.89 Å². The Labute approximate surface area is 131 Å². The lowest BCUT2D eigenvalue weighted by molar-refractivity contribution is 0.0709. The molecule has 0 radical (unpaired) electrons. The maximum Gasteiger partial charge on any atom is 0.267 e. The summed E-state index contributed by atoms with van der Waals surface area (Å²) >= 11 is 1.14. The molecule has 0 unspecified atom stereocenters. The van der Waals surface area contributed by atoms with E-state index in [0.29, 0.717) is 23.9 Å². The van der Waals surface area contributed by atoms with Gasteiger partial charge in [-0.15, -0.1) is 5.10 Å². The highest BCUT2D eigenvalue weighted by atomic mass is 32.1. The minimum atomic E-state index is 0.0223. The maximum absolute atomic E-state index is 12.2. The van der Waals surface area contributed by atoms with Gasteiger partial charge in [-0.1, -0.05) is 16.1 Å². The molecule has 7 nitrogen and oxygen atoms in total. The van der Waals surface area contributed by atoms with Crippen LogP contribution in [0.1, 0.15) is 65.3 Å². The van der Waals surface area contributed by atoms with Gasteiger partial charge in [-0.05, 0) is 37.2 Å². The highest BCUT2D eigenvalue weighted by Gasteiger charge is 2.30. The van der Waals surface area contributed by atoms with E-state index in [1.54, 1.807) is 0 Å². The van der Waals surface area contributed by atoms with Gasteiger partial charge in [0.25, 0.3) is 5.91 Å². The molecule has 1 saturated carbocycles. The Morgan fingerprint density at radius 2 is 2.05 bits per heavy atom. The molecule has 3 heterocycles. The lowest BCUT2D eigenvalue weighted by Gasteiger charge is -2.29. The third kappa shape index (κ3) is 2.51. The van der Waals surface area contributed by atoms with Crippen LogP contribution in [0.2, 0.25) is 0 Å². The molecular weight excluding hydrogens is 302 g/mol. The molecule has 1 amide bonds. The lowest BCUT2D eigenvalue weighted by Crippen LogP contribution is -2.37. The molecule has 0 N–H and O–H groups in total. The first-order valence-corrected chi connectivity index (χ1v) is 8.49. The van der Waals surface area contributed by atoms with E-state index in [9.17, 15) is 4.79 Å². The number of rotatable bonds is 3. The van der Waals surface area contributed by atoms with Gasteiger partial charge in [-0.25, -0.2) is 0 Å². The van der Waals surface area contributed by atoms with E-state index >= 15 is 0 Å². The number of amides is 1. The van der Waals surface area contributed by atoms with E-state index in [4.69, 9.17) is 4.52 Å². The molecule has 22 heavy (non-hydrogen) atoms. The van der Waals surface area contributed by atoms with Gasteiger partial charge in [0.1, 0.15) is 4.88 Å². The molecule has 1 saturated heterocycles. The van der Waals surface area contributed by atoms with E-state index in [0.717, 1.165) is 36.1 Å². The number of carbonyl (C=O) groups is 1. The molecule has 0 aromatic carbocycles. The minimum Gasteiger partial charge on any atom is -0.339 e. The molecule has 1 aliphatic heterocycles. The third-order valence-electron chi connectivity index (χ3n) is 4.63. The second-order valence-corrected chi connectivity index (χ2v) is 6.75. The van der Waals surface area contributed by atoms with E-state index in [1.165, 1.54) is 25.5 Å². The number of aromatic nitrogens is 4. The van der Waals surface area contributed by atoms with Crippen LogP contribution in [0.4, 0.5) is 0 Å². The fraction of sp³-hybridized carbons (Fsp3) is 0.643. The molecule has 8 heteroatoms. The van der Waals surface area contributed by atoms with Crippen molar-refractivity contribution in [2.75, 3.05) is 13.1 Å². The van der Waals surface area contributed by atoms with Crippen molar-refractivity contribution in [3.8, 4) is 0 Å². The van der Waals surface area contributed by atoms with Crippen LogP contribution in [0.25, 0.3) is 0 Å². The highest BCUT2D eigenvalue weighted by molar-refractivity contribution is 7.07. The zero-order valence-corrected chi connectivity index (χ0v) is 13.0. The van der Waals surface area contributed by atoms with E-state index in [-0.39, 0.29) is 11.8 Å². The average molecular weight is 319 g/mol. The fourth-order valence-corrected chi connectivity index (χ4v) is 3.48. The summed E-state index contributed by atoms with van der Waals surface area (Å²) in [6.45, 7) is 1.42. The summed E-state index contributed by atoms with van der Waals surface area (Å²) < 4.78 is 9.19. The van der Waals surface area contributed by atoms with Gasteiger partial charge < -0.3 is 9.42 Å². The smallest absolute Gasteiger partial charge is 0.267 e. The van der Waals surface area contributed by atoms with Crippen molar-refractivity contribution >= 4 is 17.4 Å². The number of hydrogen-bond acceptors (Lipinski definition) is 7. The standard InChI is InChI=1S/C14H17N5O2S/c20-14(11-8-15-18-22-11)19-6-4-10(5-7-19)13-16-12(17-21-13)9-2-1-3-9/h8-10H,1-7H2. The number of nitrogens with zero attached hydrogens (tertiary/aromatic N) is 5. The van der Waals surface area contributed by atoms with Crippen molar-refractivity contribution in [1.82, 2.24) is 24.6 Å². The zero-order chi connectivity index (χ0) is 14.9.